The van der Waals surface area contributed by atoms with Gasteiger partial charge in [-0.1, -0.05) is 42.5 Å². The van der Waals surface area contributed by atoms with Crippen molar-refractivity contribution in [3.63, 3.8) is 0 Å². The number of rotatable bonds is 8. The lowest BCUT2D eigenvalue weighted by Crippen LogP contribution is -2.43. The summed E-state index contributed by atoms with van der Waals surface area (Å²) in [5.74, 6) is 0.881. The van der Waals surface area contributed by atoms with Crippen LogP contribution < -0.4 is 14.2 Å². The van der Waals surface area contributed by atoms with Crippen LogP contribution in [0.3, 0.4) is 0 Å². The van der Waals surface area contributed by atoms with Crippen molar-refractivity contribution >= 4 is 37.5 Å². The van der Waals surface area contributed by atoms with E-state index in [2.05, 4.69) is 9.71 Å². The van der Waals surface area contributed by atoms with Crippen molar-refractivity contribution in [2.75, 3.05) is 13.7 Å². The van der Waals surface area contributed by atoms with Crippen molar-refractivity contribution < 1.29 is 22.7 Å². The minimum absolute atomic E-state index is 0.0821. The van der Waals surface area contributed by atoms with E-state index >= 15 is 0 Å². The highest BCUT2D eigenvalue weighted by Gasteiger charge is 2.40. The smallest absolute Gasteiger partial charge is 0.243 e. The summed E-state index contributed by atoms with van der Waals surface area (Å²) in [6.45, 7) is 0.323. The maximum atomic E-state index is 13.7. The van der Waals surface area contributed by atoms with Crippen LogP contribution in [-0.2, 0) is 14.8 Å². The Labute approximate surface area is 232 Å². The number of para-hydroxylation sites is 1. The molecule has 1 N–H and O–H groups in total. The summed E-state index contributed by atoms with van der Waals surface area (Å²) in [6.07, 6.45) is 3.05. The van der Waals surface area contributed by atoms with E-state index in [1.165, 1.54) is 0 Å². The zero-order valence-corrected chi connectivity index (χ0v) is 22.5. The predicted octanol–water partition coefficient (Wildman–Crippen LogP) is 5.05. The first kappa shape index (κ1) is 25.8. The van der Waals surface area contributed by atoms with Crippen LogP contribution in [0.25, 0.3) is 21.5 Å². The average Bonchev–Trinajstić information content (AvgIpc) is 3.34. The summed E-state index contributed by atoms with van der Waals surface area (Å²) in [6, 6.07) is 26.4. The molecule has 0 radical (unpaired) electrons. The third kappa shape index (κ3) is 5.09. The number of aromatic nitrogens is 1. The first-order valence-corrected chi connectivity index (χ1v) is 14.4. The van der Waals surface area contributed by atoms with E-state index in [1.54, 1.807) is 48.7 Å². The zero-order chi connectivity index (χ0) is 27.7. The molecule has 1 aliphatic rings. The van der Waals surface area contributed by atoms with E-state index in [-0.39, 0.29) is 10.8 Å². The van der Waals surface area contributed by atoms with E-state index < -0.39 is 22.3 Å². The average molecular weight is 554 g/mol. The second-order valence-electron chi connectivity index (χ2n) is 9.63. The molecule has 1 fully saturated rings. The molecule has 1 saturated heterocycles. The Balaban J connectivity index is 1.28. The third-order valence-electron chi connectivity index (χ3n) is 7.09. The number of hydrogen-bond acceptors (Lipinski definition) is 6. The Kier molecular flexibility index (Phi) is 6.83. The fourth-order valence-electron chi connectivity index (χ4n) is 4.99. The fraction of sp³-hybridized carbons (Fsp3) is 0.161. The molecule has 5 aromatic rings. The van der Waals surface area contributed by atoms with E-state index in [0.29, 0.717) is 24.5 Å². The Bertz CT molecular complexity index is 1810. The molecule has 0 aliphatic carbocycles. The lowest BCUT2D eigenvalue weighted by atomic mass is 10.1. The van der Waals surface area contributed by atoms with Crippen molar-refractivity contribution in [2.45, 2.75) is 23.6 Å². The van der Waals surface area contributed by atoms with Crippen molar-refractivity contribution in [1.29, 1.82) is 0 Å². The van der Waals surface area contributed by atoms with Gasteiger partial charge in [-0.05, 0) is 71.1 Å². The van der Waals surface area contributed by atoms with Crippen LogP contribution >= 0.6 is 0 Å². The number of benzene rings is 4. The summed E-state index contributed by atoms with van der Waals surface area (Å²) < 4.78 is 41.0. The fourth-order valence-corrected chi connectivity index (χ4v) is 6.25. The van der Waals surface area contributed by atoms with Gasteiger partial charge in [0.15, 0.2) is 0 Å². The molecule has 8 nitrogen and oxygen atoms in total. The first-order chi connectivity index (χ1) is 19.4. The van der Waals surface area contributed by atoms with Gasteiger partial charge >= 0.3 is 0 Å². The molecule has 0 spiro atoms. The number of sulfonamides is 1. The molecule has 0 saturated carbocycles. The van der Waals surface area contributed by atoms with Crippen molar-refractivity contribution in [2.24, 2.45) is 0 Å². The molecule has 1 amide bonds. The summed E-state index contributed by atoms with van der Waals surface area (Å²) in [4.78, 5) is 19.6. The number of carbonyl (C=O) groups is 1. The number of pyridine rings is 1. The van der Waals surface area contributed by atoms with Crippen LogP contribution in [0, 0.1) is 0 Å². The maximum absolute atomic E-state index is 13.7. The van der Waals surface area contributed by atoms with E-state index in [4.69, 9.17) is 9.47 Å². The Hall–Kier alpha value is -4.47. The molecular weight excluding hydrogens is 526 g/mol. The van der Waals surface area contributed by atoms with Gasteiger partial charge in [0.2, 0.25) is 22.2 Å². The molecule has 9 heteroatoms. The molecule has 40 heavy (non-hydrogen) atoms. The zero-order valence-electron chi connectivity index (χ0n) is 21.7. The summed E-state index contributed by atoms with van der Waals surface area (Å²) >= 11 is 0. The lowest BCUT2D eigenvalue weighted by molar-refractivity contribution is -0.136. The maximum Gasteiger partial charge on any atom is 0.243 e. The molecule has 1 aliphatic heterocycles. The van der Waals surface area contributed by atoms with E-state index in [9.17, 15) is 13.2 Å². The molecule has 6 rings (SSSR count). The summed E-state index contributed by atoms with van der Waals surface area (Å²) in [5.41, 5.74) is 0.768. The van der Waals surface area contributed by atoms with Gasteiger partial charge in [-0.2, -0.15) is 4.72 Å². The Morgan fingerprint density at radius 1 is 0.875 bits per heavy atom. The highest BCUT2D eigenvalue weighted by molar-refractivity contribution is 7.89. The van der Waals surface area contributed by atoms with Crippen LogP contribution in [-0.4, -0.2) is 43.9 Å². The summed E-state index contributed by atoms with van der Waals surface area (Å²) in [5, 5.41) is 3.54. The second kappa shape index (κ2) is 10.6. The molecule has 1 aromatic heterocycles. The van der Waals surface area contributed by atoms with Crippen molar-refractivity contribution in [3.05, 3.63) is 109 Å². The Morgan fingerprint density at radius 3 is 2.48 bits per heavy atom. The van der Waals surface area contributed by atoms with Gasteiger partial charge in [0.1, 0.15) is 17.5 Å². The minimum atomic E-state index is -3.98. The number of likely N-dealkylation sites (tertiary alicyclic amines) is 1. The van der Waals surface area contributed by atoms with Gasteiger partial charge < -0.3 is 14.4 Å². The summed E-state index contributed by atoms with van der Waals surface area (Å²) in [7, 11) is -2.42. The van der Waals surface area contributed by atoms with Crippen molar-refractivity contribution in [1.82, 2.24) is 14.6 Å². The van der Waals surface area contributed by atoms with Crippen LogP contribution in [0.15, 0.2) is 108 Å². The first-order valence-electron chi connectivity index (χ1n) is 12.9. The van der Waals surface area contributed by atoms with Gasteiger partial charge in [-0.15, -0.1) is 0 Å². The van der Waals surface area contributed by atoms with Crippen LogP contribution in [0.2, 0.25) is 0 Å². The number of ether oxygens (including phenoxy) is 2. The molecule has 2 heterocycles. The second-order valence-corrected chi connectivity index (χ2v) is 11.3. The quantitative estimate of drug-likeness (QED) is 0.289. The standard InChI is InChI=1S/C31H27N3O5S/c1-38-27-11-9-21-10-12-28(19-24(21)18-27)40(36,37)33-29-14-16-34(30(29)35)31(39-26-5-3-2-4-6-26)23-8-7-22-13-15-32-20-25(22)17-23/h2-13,15,17-20,29,31,33H,14,16H2,1H3/t29-,31?/m0/s1. The molecule has 2 atom stereocenters. The number of nitrogens with one attached hydrogen (secondary N) is 1. The number of fused-ring (bicyclic) bond motifs is 2. The van der Waals surface area contributed by atoms with E-state index in [1.807, 2.05) is 66.7 Å². The molecule has 0 bridgehead atoms. The topological polar surface area (TPSA) is 97.8 Å². The number of amides is 1. The Morgan fingerprint density at radius 2 is 1.65 bits per heavy atom. The number of nitrogens with zero attached hydrogens (tertiary/aromatic N) is 2. The largest absolute Gasteiger partial charge is 0.497 e. The molecule has 4 aromatic carbocycles. The number of hydrogen-bond donors (Lipinski definition) is 1. The van der Waals surface area contributed by atoms with Gasteiger partial charge in [0, 0.05) is 29.9 Å². The van der Waals surface area contributed by atoms with Gasteiger partial charge in [0.25, 0.3) is 0 Å². The van der Waals surface area contributed by atoms with Gasteiger partial charge in [-0.25, -0.2) is 8.42 Å². The highest BCUT2D eigenvalue weighted by atomic mass is 32.2. The highest BCUT2D eigenvalue weighted by Crippen LogP contribution is 2.32. The van der Waals surface area contributed by atoms with Crippen LogP contribution in [0.5, 0.6) is 11.5 Å². The number of carbonyl (C=O) groups excluding carboxylic acids is 1. The predicted molar refractivity (Wildman–Crippen MR) is 152 cm³/mol. The van der Waals surface area contributed by atoms with Crippen molar-refractivity contribution in [3.8, 4) is 11.5 Å². The third-order valence-corrected chi connectivity index (χ3v) is 8.56. The lowest BCUT2D eigenvalue weighted by Gasteiger charge is -2.29. The normalized spacial score (nSPS) is 16.4. The molecular formula is C31H27N3O5S. The van der Waals surface area contributed by atoms with Gasteiger partial charge in [-0.3, -0.25) is 9.78 Å². The SMILES string of the molecule is COc1ccc2ccc(S(=O)(=O)N[C@H]3CCN(C(Oc4ccccc4)c4ccc5ccncc5c4)C3=O)cc2c1. The molecule has 202 valence electrons. The van der Waals surface area contributed by atoms with E-state index in [0.717, 1.165) is 27.1 Å². The van der Waals surface area contributed by atoms with Gasteiger partial charge in [0.05, 0.1) is 12.0 Å². The van der Waals surface area contributed by atoms with Crippen LogP contribution in [0.4, 0.5) is 0 Å². The van der Waals surface area contributed by atoms with Crippen LogP contribution in [0.1, 0.15) is 18.2 Å². The minimum Gasteiger partial charge on any atom is -0.497 e. The molecule has 1 unspecified atom stereocenters. The monoisotopic (exact) mass is 553 g/mol. The number of methoxy groups -OCH3 is 1.